The highest BCUT2D eigenvalue weighted by Crippen LogP contribution is 2.33. The lowest BCUT2D eigenvalue weighted by molar-refractivity contribution is -0.137. The van der Waals surface area contributed by atoms with Crippen LogP contribution in [0.25, 0.3) is 22.3 Å². The highest BCUT2D eigenvalue weighted by atomic mass is 35.5. The number of hydrogen-bond donors (Lipinski definition) is 3. The molecule has 0 saturated heterocycles. The van der Waals surface area contributed by atoms with Crippen molar-refractivity contribution in [3.8, 4) is 11.3 Å². The van der Waals surface area contributed by atoms with Gasteiger partial charge in [0.05, 0.1) is 16.9 Å². The largest absolute Gasteiger partial charge is 0.416 e. The van der Waals surface area contributed by atoms with E-state index in [2.05, 4.69) is 15.6 Å². The second kappa shape index (κ2) is 9.63. The van der Waals surface area contributed by atoms with Gasteiger partial charge in [0.2, 0.25) is 0 Å². The number of carbonyl (C=O) groups excluding carboxylic acids is 1. The van der Waals surface area contributed by atoms with Crippen LogP contribution in [-0.2, 0) is 6.18 Å². The molecule has 2 aromatic heterocycles. The molecule has 2 heterocycles. The number of pyridine rings is 1. The van der Waals surface area contributed by atoms with Crippen LogP contribution in [0.15, 0.2) is 85.1 Å². The van der Waals surface area contributed by atoms with Gasteiger partial charge in [0.15, 0.2) is 0 Å². The maximum Gasteiger partial charge on any atom is 0.416 e. The Balaban J connectivity index is 1.45. The third-order valence-electron chi connectivity index (χ3n) is 5.89. The first-order valence-corrected chi connectivity index (χ1v) is 11.7. The van der Waals surface area contributed by atoms with Crippen LogP contribution in [0.5, 0.6) is 0 Å². The molecule has 9 heteroatoms. The number of hydrogen-bond acceptors (Lipinski definition) is 3. The van der Waals surface area contributed by atoms with Crippen LogP contribution in [0.3, 0.4) is 0 Å². The van der Waals surface area contributed by atoms with E-state index in [0.717, 1.165) is 40.0 Å². The summed E-state index contributed by atoms with van der Waals surface area (Å²) in [6.07, 6.45) is -2.71. The number of aromatic nitrogens is 2. The Labute approximate surface area is 215 Å². The fraction of sp³-hybridized carbons (Fsp3) is 0.0714. The van der Waals surface area contributed by atoms with Crippen LogP contribution in [0, 0.1) is 6.92 Å². The number of carbonyl (C=O) groups is 1. The number of aryl methyl sites for hydroxylation is 1. The molecule has 5 aromatic rings. The van der Waals surface area contributed by atoms with Crippen molar-refractivity contribution < 1.29 is 18.0 Å². The maximum absolute atomic E-state index is 13.0. The Kier molecular flexibility index (Phi) is 6.35. The summed E-state index contributed by atoms with van der Waals surface area (Å²) in [5, 5.41) is 7.43. The molecule has 37 heavy (non-hydrogen) atoms. The molecule has 186 valence electrons. The summed E-state index contributed by atoms with van der Waals surface area (Å²) >= 11 is 6.03. The van der Waals surface area contributed by atoms with Crippen LogP contribution in [0.1, 0.15) is 21.5 Å². The van der Waals surface area contributed by atoms with E-state index in [0.29, 0.717) is 21.9 Å². The van der Waals surface area contributed by atoms with Crippen molar-refractivity contribution in [2.75, 3.05) is 10.6 Å². The van der Waals surface area contributed by atoms with Crippen LogP contribution in [0.4, 0.5) is 30.2 Å². The minimum Gasteiger partial charge on any atom is -0.355 e. The first-order valence-electron chi connectivity index (χ1n) is 11.3. The fourth-order valence-electron chi connectivity index (χ4n) is 3.93. The predicted octanol–water partition coefficient (Wildman–Crippen LogP) is 8.21. The lowest BCUT2D eigenvalue weighted by Gasteiger charge is -2.14. The topological polar surface area (TPSA) is 69.8 Å². The van der Waals surface area contributed by atoms with Gasteiger partial charge in [-0.05, 0) is 67.1 Å². The number of H-pyrrole nitrogens is 1. The monoisotopic (exact) mass is 520 g/mol. The highest BCUT2D eigenvalue weighted by Gasteiger charge is 2.30. The number of aromatic amines is 1. The molecule has 0 aliphatic heterocycles. The molecule has 0 aliphatic carbocycles. The van der Waals surface area contributed by atoms with Crippen molar-refractivity contribution in [1.82, 2.24) is 9.97 Å². The number of nitrogens with zero attached hydrogens (tertiary/aromatic N) is 1. The number of fused-ring (bicyclic) bond motifs is 1. The van der Waals surface area contributed by atoms with E-state index in [1.54, 1.807) is 36.5 Å². The summed E-state index contributed by atoms with van der Waals surface area (Å²) in [5.74, 6) is -0.522. The zero-order valence-electron chi connectivity index (χ0n) is 19.5. The van der Waals surface area contributed by atoms with Crippen molar-refractivity contribution in [3.05, 3.63) is 107 Å². The predicted molar refractivity (Wildman–Crippen MR) is 140 cm³/mol. The number of benzene rings is 3. The van der Waals surface area contributed by atoms with Gasteiger partial charge in [0, 0.05) is 39.1 Å². The van der Waals surface area contributed by atoms with E-state index in [4.69, 9.17) is 16.6 Å². The third-order valence-corrected chi connectivity index (χ3v) is 6.14. The zero-order valence-corrected chi connectivity index (χ0v) is 20.2. The molecule has 0 unspecified atom stereocenters. The van der Waals surface area contributed by atoms with Crippen molar-refractivity contribution in [3.63, 3.8) is 0 Å². The van der Waals surface area contributed by atoms with Crippen LogP contribution in [-0.4, -0.2) is 15.9 Å². The Bertz CT molecular complexity index is 1610. The van der Waals surface area contributed by atoms with Crippen molar-refractivity contribution in [2.45, 2.75) is 13.1 Å². The van der Waals surface area contributed by atoms with E-state index in [1.165, 1.54) is 12.1 Å². The molecule has 0 atom stereocenters. The van der Waals surface area contributed by atoms with E-state index in [-0.39, 0.29) is 5.69 Å². The van der Waals surface area contributed by atoms with E-state index in [9.17, 15) is 18.0 Å². The lowest BCUT2D eigenvalue weighted by atomic mass is 10.1. The van der Waals surface area contributed by atoms with Crippen molar-refractivity contribution in [1.29, 1.82) is 0 Å². The zero-order chi connectivity index (χ0) is 26.2. The average molecular weight is 521 g/mol. The van der Waals surface area contributed by atoms with E-state index in [1.807, 2.05) is 31.2 Å². The first-order chi connectivity index (χ1) is 17.7. The summed E-state index contributed by atoms with van der Waals surface area (Å²) in [7, 11) is 0. The third kappa shape index (κ3) is 5.29. The van der Waals surface area contributed by atoms with Gasteiger partial charge in [-0.2, -0.15) is 13.2 Å². The molecule has 5 rings (SSSR count). The van der Waals surface area contributed by atoms with Crippen LogP contribution in [0.2, 0.25) is 5.02 Å². The molecular weight excluding hydrogens is 501 g/mol. The summed E-state index contributed by atoms with van der Waals surface area (Å²) in [6.45, 7) is 1.90. The van der Waals surface area contributed by atoms with Gasteiger partial charge in [-0.25, -0.2) is 4.98 Å². The SMILES string of the molecule is Cc1ccc(C(=O)Nc2cccc(C(F)(F)F)c2)cc1Nc1cc(-c2ccc(Cl)cc2)nc2[nH]ccc12. The Hall–Kier alpha value is -4.30. The lowest BCUT2D eigenvalue weighted by Crippen LogP contribution is -2.13. The Morgan fingerprint density at radius 2 is 1.73 bits per heavy atom. The number of halogens is 4. The quantitative estimate of drug-likeness (QED) is 0.219. The van der Waals surface area contributed by atoms with Crippen LogP contribution < -0.4 is 10.6 Å². The fourth-order valence-corrected chi connectivity index (χ4v) is 4.06. The molecule has 3 N–H and O–H groups in total. The number of nitrogens with one attached hydrogen (secondary N) is 3. The molecule has 0 spiro atoms. The molecule has 5 nitrogen and oxygen atoms in total. The summed E-state index contributed by atoms with van der Waals surface area (Å²) in [4.78, 5) is 20.7. The van der Waals surface area contributed by atoms with Gasteiger partial charge in [-0.15, -0.1) is 0 Å². The van der Waals surface area contributed by atoms with Crippen LogP contribution >= 0.6 is 11.6 Å². The molecule has 0 fully saturated rings. The minimum atomic E-state index is -4.50. The van der Waals surface area contributed by atoms with Crippen molar-refractivity contribution in [2.24, 2.45) is 0 Å². The smallest absolute Gasteiger partial charge is 0.355 e. The summed E-state index contributed by atoms with van der Waals surface area (Å²) in [6, 6.07) is 20.8. The van der Waals surface area contributed by atoms with Gasteiger partial charge >= 0.3 is 6.18 Å². The molecule has 3 aromatic carbocycles. The van der Waals surface area contributed by atoms with Crippen molar-refractivity contribution >= 4 is 45.6 Å². The second-order valence-electron chi connectivity index (χ2n) is 8.49. The van der Waals surface area contributed by atoms with Gasteiger partial charge < -0.3 is 15.6 Å². The standard InChI is InChI=1S/C28H20ClF3N4O/c1-16-5-6-18(27(37)34-21-4-2-3-19(14-21)28(30,31)32)13-23(16)35-25-15-24(17-7-9-20(29)10-8-17)36-26-22(25)11-12-33-26/h2-15H,1H3,(H,34,37)(H2,33,35,36). The van der Waals surface area contributed by atoms with Gasteiger partial charge in [-0.1, -0.05) is 35.9 Å². The van der Waals surface area contributed by atoms with E-state index < -0.39 is 17.6 Å². The molecule has 1 amide bonds. The summed E-state index contributed by atoms with van der Waals surface area (Å²) in [5.41, 5.74) is 4.15. The Morgan fingerprint density at radius 3 is 2.49 bits per heavy atom. The Morgan fingerprint density at radius 1 is 0.946 bits per heavy atom. The molecule has 0 radical (unpaired) electrons. The number of anilines is 3. The van der Waals surface area contributed by atoms with Gasteiger partial charge in [0.1, 0.15) is 5.65 Å². The maximum atomic E-state index is 13.0. The normalized spacial score (nSPS) is 11.5. The van der Waals surface area contributed by atoms with E-state index >= 15 is 0 Å². The number of rotatable bonds is 5. The second-order valence-corrected chi connectivity index (χ2v) is 8.93. The van der Waals surface area contributed by atoms with Gasteiger partial charge in [-0.3, -0.25) is 4.79 Å². The number of alkyl halides is 3. The molecular formula is C28H20ClF3N4O. The summed E-state index contributed by atoms with van der Waals surface area (Å²) < 4.78 is 39.1. The molecule has 0 saturated carbocycles. The molecule has 0 bridgehead atoms. The first kappa shape index (κ1) is 24.4. The molecule has 0 aliphatic rings. The average Bonchev–Trinajstić information content (AvgIpc) is 3.34. The highest BCUT2D eigenvalue weighted by molar-refractivity contribution is 6.30. The number of amides is 1. The minimum absolute atomic E-state index is 0.0608. The van der Waals surface area contributed by atoms with Gasteiger partial charge in [0.25, 0.3) is 5.91 Å².